The van der Waals surface area contributed by atoms with E-state index in [4.69, 9.17) is 4.74 Å². The van der Waals surface area contributed by atoms with Gasteiger partial charge in [-0.25, -0.2) is 13.6 Å². The predicted molar refractivity (Wildman–Crippen MR) is 73.7 cm³/mol. The maximum absolute atomic E-state index is 14.2. The summed E-state index contributed by atoms with van der Waals surface area (Å²) >= 11 is 0. The molecule has 5 nitrogen and oxygen atoms in total. The summed E-state index contributed by atoms with van der Waals surface area (Å²) in [6.45, 7) is 2.63. The van der Waals surface area contributed by atoms with E-state index in [-0.39, 0.29) is 19.3 Å². The monoisotopic (exact) mass is 386 g/mol. The zero-order chi connectivity index (χ0) is 20.1. The number of ether oxygens (including phenoxy) is 3. The predicted octanol–water partition coefficient (Wildman–Crippen LogP) is 3.67. The molecule has 1 rings (SSSR count). The van der Waals surface area contributed by atoms with E-state index >= 15 is 0 Å². The lowest BCUT2D eigenvalue weighted by Crippen LogP contribution is -2.22. The van der Waals surface area contributed by atoms with E-state index in [0.29, 0.717) is 6.26 Å². The van der Waals surface area contributed by atoms with Gasteiger partial charge in [0.05, 0.1) is 18.8 Å². The van der Waals surface area contributed by atoms with Crippen molar-refractivity contribution in [3.05, 3.63) is 40.9 Å². The topological polar surface area (TPSA) is 61.8 Å². The smallest absolute Gasteiger partial charge is 0.500 e. The fraction of sp³-hybridized carbons (Fsp3) is 0.333. The number of hydrogen-bond donors (Lipinski definition) is 0. The number of hydrogen-bond acceptors (Lipinski definition) is 5. The van der Waals surface area contributed by atoms with Crippen molar-refractivity contribution in [3.8, 4) is 5.75 Å². The fourth-order valence-electron chi connectivity index (χ4n) is 1.67. The third-order valence-corrected chi connectivity index (χ3v) is 2.69. The second kappa shape index (κ2) is 8.59. The molecule has 0 aliphatic heterocycles. The number of esters is 1. The van der Waals surface area contributed by atoms with E-state index in [2.05, 4.69) is 9.47 Å². The summed E-state index contributed by atoms with van der Waals surface area (Å²) in [6, 6.07) is -0.00472. The number of carbonyl (C=O) groups is 2. The lowest BCUT2D eigenvalue weighted by molar-refractivity contribution is -0.276. The van der Waals surface area contributed by atoms with Gasteiger partial charge in [-0.1, -0.05) is 0 Å². The minimum Gasteiger partial charge on any atom is -0.500 e. The van der Waals surface area contributed by atoms with Gasteiger partial charge in [0, 0.05) is 0 Å². The molecule has 0 aliphatic rings. The van der Waals surface area contributed by atoms with Gasteiger partial charge in [0.15, 0.2) is 11.6 Å². The van der Waals surface area contributed by atoms with Crippen LogP contribution in [-0.4, -0.2) is 31.3 Å². The summed E-state index contributed by atoms with van der Waals surface area (Å²) in [5, 5.41) is 0. The van der Waals surface area contributed by atoms with E-state index in [1.54, 1.807) is 0 Å². The average Bonchev–Trinajstić information content (AvgIpc) is 2.54. The summed E-state index contributed by atoms with van der Waals surface area (Å²) in [5.74, 6) is -11.5. The quantitative estimate of drug-likeness (QED) is 0.105. The molecule has 1 aromatic rings. The molecule has 1 aromatic carbocycles. The SMILES string of the molecule is CCO/C=C(\C(=O)OCC)C(=O)c1cc(F)c(F)c(OC(F)(F)F)c1F. The molecule has 0 aromatic heterocycles. The molecule has 26 heavy (non-hydrogen) atoms. The number of alkyl halides is 3. The van der Waals surface area contributed by atoms with E-state index in [9.17, 15) is 35.9 Å². The molecule has 0 saturated carbocycles. The van der Waals surface area contributed by atoms with Gasteiger partial charge >= 0.3 is 12.3 Å². The number of ketones is 1. The molecule has 0 radical (unpaired) electrons. The van der Waals surface area contributed by atoms with E-state index in [1.807, 2.05) is 0 Å². The van der Waals surface area contributed by atoms with Crippen LogP contribution in [0.15, 0.2) is 17.9 Å². The van der Waals surface area contributed by atoms with Crippen LogP contribution in [0.4, 0.5) is 26.3 Å². The van der Waals surface area contributed by atoms with Gasteiger partial charge in [0.2, 0.25) is 17.3 Å². The first-order valence-corrected chi connectivity index (χ1v) is 7.00. The highest BCUT2D eigenvalue weighted by molar-refractivity contribution is 6.24. The molecular formula is C15H12F6O5. The maximum Gasteiger partial charge on any atom is 0.573 e. The third-order valence-electron chi connectivity index (χ3n) is 2.69. The Labute approximate surface area is 143 Å². The first-order valence-electron chi connectivity index (χ1n) is 7.00. The van der Waals surface area contributed by atoms with Crippen LogP contribution in [0.3, 0.4) is 0 Å². The van der Waals surface area contributed by atoms with Crippen LogP contribution in [0.25, 0.3) is 0 Å². The zero-order valence-corrected chi connectivity index (χ0v) is 13.4. The number of halogens is 6. The number of rotatable bonds is 7. The number of carbonyl (C=O) groups excluding carboxylic acids is 2. The Balaban J connectivity index is 3.48. The van der Waals surface area contributed by atoms with Crippen LogP contribution in [0.5, 0.6) is 5.75 Å². The van der Waals surface area contributed by atoms with E-state index < -0.39 is 52.5 Å². The Morgan fingerprint density at radius 3 is 2.19 bits per heavy atom. The first-order chi connectivity index (χ1) is 12.0. The highest BCUT2D eigenvalue weighted by Crippen LogP contribution is 2.33. The molecule has 144 valence electrons. The second-order valence-corrected chi connectivity index (χ2v) is 4.45. The van der Waals surface area contributed by atoms with Crippen LogP contribution >= 0.6 is 0 Å². The normalized spacial score (nSPS) is 11.9. The Kier molecular flexibility index (Phi) is 7.04. The first kappa shape index (κ1) is 21.3. The molecule has 0 fully saturated rings. The summed E-state index contributed by atoms with van der Waals surface area (Å²) in [7, 11) is 0. The standard InChI is InChI=1S/C15H12F6O5/c1-3-24-6-8(14(23)25-4-2)12(22)7-5-9(16)11(18)13(10(7)17)26-15(19,20)21/h5-6H,3-4H2,1-2H3/b8-6-. The lowest BCUT2D eigenvalue weighted by Gasteiger charge is -2.13. The highest BCUT2D eigenvalue weighted by Gasteiger charge is 2.37. The van der Waals surface area contributed by atoms with Gasteiger partial charge in [-0.2, -0.15) is 4.39 Å². The van der Waals surface area contributed by atoms with Gasteiger partial charge in [0.1, 0.15) is 11.8 Å². The summed E-state index contributed by atoms with van der Waals surface area (Å²) < 4.78 is 90.2. The minimum atomic E-state index is -5.55. The summed E-state index contributed by atoms with van der Waals surface area (Å²) in [5.41, 5.74) is -2.31. The second-order valence-electron chi connectivity index (χ2n) is 4.45. The van der Waals surface area contributed by atoms with Crippen molar-refractivity contribution < 1.29 is 50.1 Å². The van der Waals surface area contributed by atoms with Gasteiger partial charge < -0.3 is 14.2 Å². The molecule has 0 heterocycles. The van der Waals surface area contributed by atoms with Crippen LogP contribution in [0, 0.1) is 17.5 Å². The van der Waals surface area contributed by atoms with Crippen LogP contribution in [0.2, 0.25) is 0 Å². The highest BCUT2D eigenvalue weighted by atomic mass is 19.4. The van der Waals surface area contributed by atoms with E-state index in [0.717, 1.165) is 0 Å². The summed E-state index contributed by atoms with van der Waals surface area (Å²) in [4.78, 5) is 24.0. The molecule has 0 unspecified atom stereocenters. The average molecular weight is 386 g/mol. The van der Waals surface area contributed by atoms with Crippen molar-refractivity contribution in [1.29, 1.82) is 0 Å². The molecule has 0 bridgehead atoms. The Bertz CT molecular complexity index is 726. The van der Waals surface area contributed by atoms with Crippen molar-refractivity contribution in [2.45, 2.75) is 20.2 Å². The maximum atomic E-state index is 14.2. The van der Waals surface area contributed by atoms with Gasteiger partial charge in [-0.05, 0) is 19.9 Å². The van der Waals surface area contributed by atoms with Crippen molar-refractivity contribution in [3.63, 3.8) is 0 Å². The van der Waals surface area contributed by atoms with Crippen LogP contribution in [0.1, 0.15) is 24.2 Å². The van der Waals surface area contributed by atoms with Crippen molar-refractivity contribution in [2.75, 3.05) is 13.2 Å². The molecule has 0 spiro atoms. The Morgan fingerprint density at radius 2 is 1.69 bits per heavy atom. The molecule has 11 heteroatoms. The van der Waals surface area contributed by atoms with Crippen molar-refractivity contribution in [1.82, 2.24) is 0 Å². The Morgan fingerprint density at radius 1 is 1.08 bits per heavy atom. The molecule has 0 aliphatic carbocycles. The van der Waals surface area contributed by atoms with Gasteiger partial charge in [-0.3, -0.25) is 4.79 Å². The van der Waals surface area contributed by atoms with Crippen molar-refractivity contribution >= 4 is 11.8 Å². The summed E-state index contributed by atoms with van der Waals surface area (Å²) in [6.07, 6.45) is -4.98. The fourth-order valence-corrected chi connectivity index (χ4v) is 1.67. The van der Waals surface area contributed by atoms with Crippen LogP contribution < -0.4 is 4.74 Å². The zero-order valence-electron chi connectivity index (χ0n) is 13.4. The Hall–Kier alpha value is -2.72. The number of Topliss-reactive ketones (excluding diaryl/α,β-unsaturated/α-hetero) is 1. The largest absolute Gasteiger partial charge is 0.573 e. The lowest BCUT2D eigenvalue weighted by atomic mass is 10.0. The molecule has 0 N–H and O–H groups in total. The molecular weight excluding hydrogens is 374 g/mol. The molecule has 0 atom stereocenters. The van der Waals surface area contributed by atoms with Crippen molar-refractivity contribution in [2.24, 2.45) is 0 Å². The molecule has 0 amide bonds. The van der Waals surface area contributed by atoms with E-state index in [1.165, 1.54) is 13.8 Å². The number of benzene rings is 1. The molecule has 0 saturated heterocycles. The van der Waals surface area contributed by atoms with Gasteiger partial charge in [0.25, 0.3) is 0 Å². The van der Waals surface area contributed by atoms with Gasteiger partial charge in [-0.15, -0.1) is 13.2 Å². The third kappa shape index (κ3) is 5.14. The van der Waals surface area contributed by atoms with Crippen LogP contribution in [-0.2, 0) is 14.3 Å². The minimum absolute atomic E-state index is 0.00472.